The number of nitrogens with two attached hydrogens (primary N) is 1. The SMILES string of the molecule is COCCNS(=O)(=O)c1cccc(CNC(=O)C[C@@H]2CCC[C@H]2N)c1. The highest BCUT2D eigenvalue weighted by Crippen LogP contribution is 2.26. The predicted molar refractivity (Wildman–Crippen MR) is 95.3 cm³/mol. The Labute approximate surface area is 149 Å². The third kappa shape index (κ3) is 6.07. The van der Waals surface area contributed by atoms with Gasteiger partial charge in [-0.1, -0.05) is 18.6 Å². The van der Waals surface area contributed by atoms with Gasteiger partial charge >= 0.3 is 0 Å². The Morgan fingerprint density at radius 1 is 1.36 bits per heavy atom. The normalized spacial score (nSPS) is 20.6. The van der Waals surface area contributed by atoms with Crippen LogP contribution in [0.3, 0.4) is 0 Å². The molecule has 1 fully saturated rings. The van der Waals surface area contributed by atoms with Crippen molar-refractivity contribution in [2.45, 2.75) is 43.2 Å². The number of rotatable bonds is 9. The molecule has 1 aromatic rings. The van der Waals surface area contributed by atoms with Crippen LogP contribution in [-0.2, 0) is 26.1 Å². The third-order valence-corrected chi connectivity index (χ3v) is 5.92. The molecule has 0 unspecified atom stereocenters. The predicted octanol–water partition coefficient (Wildman–Crippen LogP) is 0.745. The van der Waals surface area contributed by atoms with Gasteiger partial charge in [0.1, 0.15) is 0 Å². The van der Waals surface area contributed by atoms with E-state index in [9.17, 15) is 13.2 Å². The van der Waals surface area contributed by atoms with Gasteiger partial charge in [0.25, 0.3) is 0 Å². The standard InChI is InChI=1S/C17H27N3O4S/c1-24-9-8-20-25(22,23)15-6-2-4-13(10-15)12-19-17(21)11-14-5-3-7-16(14)18/h2,4,6,10,14,16,20H,3,5,7-9,11-12,18H2,1H3,(H,19,21)/t14-,16+/m0/s1. The fourth-order valence-electron chi connectivity index (χ4n) is 3.01. The minimum absolute atomic E-state index is 0.0474. The first-order valence-electron chi connectivity index (χ1n) is 8.52. The molecule has 4 N–H and O–H groups in total. The van der Waals surface area contributed by atoms with Gasteiger partial charge in [-0.05, 0) is 36.5 Å². The molecule has 0 aromatic heterocycles. The van der Waals surface area contributed by atoms with E-state index in [4.69, 9.17) is 10.5 Å². The van der Waals surface area contributed by atoms with Crippen molar-refractivity contribution in [2.75, 3.05) is 20.3 Å². The summed E-state index contributed by atoms with van der Waals surface area (Å²) in [7, 11) is -2.07. The van der Waals surface area contributed by atoms with Crippen molar-refractivity contribution in [3.8, 4) is 0 Å². The summed E-state index contributed by atoms with van der Waals surface area (Å²) in [5.41, 5.74) is 6.72. The average molecular weight is 369 g/mol. The highest BCUT2D eigenvalue weighted by Gasteiger charge is 2.25. The van der Waals surface area contributed by atoms with Crippen LogP contribution in [0.4, 0.5) is 0 Å². The monoisotopic (exact) mass is 369 g/mol. The lowest BCUT2D eigenvalue weighted by molar-refractivity contribution is -0.122. The maximum Gasteiger partial charge on any atom is 0.240 e. The second-order valence-electron chi connectivity index (χ2n) is 6.37. The molecular formula is C17H27N3O4S. The van der Waals surface area contributed by atoms with Gasteiger partial charge in [-0.3, -0.25) is 4.79 Å². The molecule has 25 heavy (non-hydrogen) atoms. The summed E-state index contributed by atoms with van der Waals surface area (Å²) in [6, 6.07) is 6.65. The highest BCUT2D eigenvalue weighted by molar-refractivity contribution is 7.89. The average Bonchev–Trinajstić information content (AvgIpc) is 2.98. The van der Waals surface area contributed by atoms with E-state index < -0.39 is 10.0 Å². The Hall–Kier alpha value is -1.48. The maximum atomic E-state index is 12.2. The molecule has 1 aliphatic rings. The van der Waals surface area contributed by atoms with Gasteiger partial charge in [0.15, 0.2) is 0 Å². The number of hydrogen-bond acceptors (Lipinski definition) is 5. The number of carbonyl (C=O) groups is 1. The van der Waals surface area contributed by atoms with Gasteiger partial charge < -0.3 is 15.8 Å². The van der Waals surface area contributed by atoms with Gasteiger partial charge in [-0.15, -0.1) is 0 Å². The number of methoxy groups -OCH3 is 1. The number of sulfonamides is 1. The molecule has 0 aliphatic heterocycles. The van der Waals surface area contributed by atoms with Crippen molar-refractivity contribution < 1.29 is 17.9 Å². The molecular weight excluding hydrogens is 342 g/mol. The second kappa shape index (κ2) is 9.28. The van der Waals surface area contributed by atoms with Crippen molar-refractivity contribution in [3.05, 3.63) is 29.8 Å². The van der Waals surface area contributed by atoms with Gasteiger partial charge in [-0.2, -0.15) is 0 Å². The van der Waals surface area contributed by atoms with E-state index in [1.807, 2.05) is 0 Å². The molecule has 0 bridgehead atoms. The topological polar surface area (TPSA) is 111 Å². The molecule has 2 rings (SSSR count). The van der Waals surface area contributed by atoms with Crippen molar-refractivity contribution in [1.29, 1.82) is 0 Å². The van der Waals surface area contributed by atoms with Crippen molar-refractivity contribution in [2.24, 2.45) is 11.7 Å². The summed E-state index contributed by atoms with van der Waals surface area (Å²) in [6.45, 7) is 0.807. The Kier molecular flexibility index (Phi) is 7.37. The molecule has 0 radical (unpaired) electrons. The third-order valence-electron chi connectivity index (χ3n) is 4.46. The van der Waals surface area contributed by atoms with Crippen LogP contribution in [0, 0.1) is 5.92 Å². The van der Waals surface area contributed by atoms with E-state index in [1.54, 1.807) is 18.2 Å². The summed E-state index contributed by atoms with van der Waals surface area (Å²) in [5.74, 6) is 0.200. The van der Waals surface area contributed by atoms with Crippen molar-refractivity contribution in [1.82, 2.24) is 10.0 Å². The largest absolute Gasteiger partial charge is 0.383 e. The fraction of sp³-hybridized carbons (Fsp3) is 0.588. The van der Waals surface area contributed by atoms with E-state index in [2.05, 4.69) is 10.0 Å². The molecule has 0 heterocycles. The van der Waals surface area contributed by atoms with Crippen LogP contribution in [0.15, 0.2) is 29.2 Å². The number of hydrogen-bond donors (Lipinski definition) is 3. The Bertz CT molecular complexity index is 678. The molecule has 7 nitrogen and oxygen atoms in total. The van der Waals surface area contributed by atoms with Crippen LogP contribution in [-0.4, -0.2) is 40.6 Å². The van der Waals surface area contributed by atoms with Crippen LogP contribution < -0.4 is 15.8 Å². The van der Waals surface area contributed by atoms with Crippen LogP contribution in [0.25, 0.3) is 0 Å². The first-order valence-corrected chi connectivity index (χ1v) is 10.0. The molecule has 8 heteroatoms. The van der Waals surface area contributed by atoms with Crippen molar-refractivity contribution >= 4 is 15.9 Å². The quantitative estimate of drug-likeness (QED) is 0.556. The van der Waals surface area contributed by atoms with E-state index in [0.29, 0.717) is 19.6 Å². The number of nitrogens with one attached hydrogen (secondary N) is 2. The van der Waals surface area contributed by atoms with Gasteiger partial charge in [0, 0.05) is 32.7 Å². The highest BCUT2D eigenvalue weighted by atomic mass is 32.2. The minimum atomic E-state index is -3.58. The zero-order valence-corrected chi connectivity index (χ0v) is 15.3. The molecule has 1 saturated carbocycles. The van der Waals surface area contributed by atoms with Crippen molar-refractivity contribution in [3.63, 3.8) is 0 Å². The van der Waals surface area contributed by atoms with E-state index in [1.165, 1.54) is 13.2 Å². The number of carbonyl (C=O) groups excluding carboxylic acids is 1. The van der Waals surface area contributed by atoms with E-state index in [-0.39, 0.29) is 29.3 Å². The Balaban J connectivity index is 1.89. The number of ether oxygens (including phenoxy) is 1. The molecule has 0 saturated heterocycles. The van der Waals surface area contributed by atoms with Crippen LogP contribution >= 0.6 is 0 Å². The van der Waals surface area contributed by atoms with Gasteiger partial charge in [0.05, 0.1) is 11.5 Å². The Morgan fingerprint density at radius 2 is 2.16 bits per heavy atom. The lowest BCUT2D eigenvalue weighted by atomic mass is 10.00. The van der Waals surface area contributed by atoms with Crippen LogP contribution in [0.5, 0.6) is 0 Å². The summed E-state index contributed by atoms with van der Waals surface area (Å²) >= 11 is 0. The van der Waals surface area contributed by atoms with Gasteiger partial charge in [0.2, 0.25) is 15.9 Å². The molecule has 140 valence electrons. The summed E-state index contributed by atoms with van der Waals surface area (Å²) in [5, 5.41) is 2.85. The maximum absolute atomic E-state index is 12.2. The number of amides is 1. The molecule has 1 aliphatic carbocycles. The zero-order valence-electron chi connectivity index (χ0n) is 14.5. The molecule has 0 spiro atoms. The summed E-state index contributed by atoms with van der Waals surface area (Å²) in [4.78, 5) is 12.2. The lowest BCUT2D eigenvalue weighted by Gasteiger charge is -2.15. The zero-order chi connectivity index (χ0) is 18.3. The van der Waals surface area contributed by atoms with E-state index >= 15 is 0 Å². The molecule has 1 amide bonds. The number of benzene rings is 1. The lowest BCUT2D eigenvalue weighted by Crippen LogP contribution is -2.31. The first kappa shape index (κ1) is 19.8. The molecule has 2 atom stereocenters. The second-order valence-corrected chi connectivity index (χ2v) is 8.14. The summed E-state index contributed by atoms with van der Waals surface area (Å²) in [6.07, 6.45) is 3.48. The smallest absolute Gasteiger partial charge is 0.240 e. The van der Waals surface area contributed by atoms with E-state index in [0.717, 1.165) is 24.8 Å². The van der Waals surface area contributed by atoms with Crippen LogP contribution in [0.2, 0.25) is 0 Å². The molecule has 1 aromatic carbocycles. The van der Waals surface area contributed by atoms with Gasteiger partial charge in [-0.25, -0.2) is 13.1 Å². The fourth-order valence-corrected chi connectivity index (χ4v) is 4.10. The minimum Gasteiger partial charge on any atom is -0.383 e. The Morgan fingerprint density at radius 3 is 2.84 bits per heavy atom. The summed E-state index contributed by atoms with van der Waals surface area (Å²) < 4.78 is 31.7. The van der Waals surface area contributed by atoms with Crippen LogP contribution in [0.1, 0.15) is 31.2 Å². The first-order chi connectivity index (χ1) is 11.9.